The van der Waals surface area contributed by atoms with Crippen LogP contribution < -0.4 is 24.3 Å². The van der Waals surface area contributed by atoms with E-state index in [1.165, 1.54) is 0 Å². The minimum atomic E-state index is -0.928. The Labute approximate surface area is 194 Å². The van der Waals surface area contributed by atoms with E-state index in [-0.39, 0.29) is 12.4 Å². The van der Waals surface area contributed by atoms with Gasteiger partial charge in [-0.2, -0.15) is 0 Å². The minimum Gasteiger partial charge on any atom is -0.493 e. The highest BCUT2D eigenvalue weighted by atomic mass is 79.9. The quantitative estimate of drug-likeness (QED) is 0.439. The Kier molecular flexibility index (Phi) is 6.82. The number of benzene rings is 3. The second-order valence-electron chi connectivity index (χ2n) is 7.19. The summed E-state index contributed by atoms with van der Waals surface area (Å²) in [6, 6.07) is 16.4. The molecule has 0 spiro atoms. The third-order valence-corrected chi connectivity index (χ3v) is 5.56. The van der Waals surface area contributed by atoms with Crippen LogP contribution in [0, 0.1) is 0 Å². The Hall–Kier alpha value is -3.23. The molecule has 1 heterocycles. The van der Waals surface area contributed by atoms with Gasteiger partial charge in [0.2, 0.25) is 6.79 Å². The first-order valence-corrected chi connectivity index (χ1v) is 10.7. The topological polar surface area (TPSA) is 86.3 Å². The number of fused-ring (bicyclic) bond motifs is 1. The molecule has 3 aromatic carbocycles. The number of carboxylic acid groups (broad SMARTS) is 1. The lowest BCUT2D eigenvalue weighted by atomic mass is 10.1. The number of carboxylic acids is 1. The summed E-state index contributed by atoms with van der Waals surface area (Å²) in [7, 11) is 1.61. The summed E-state index contributed by atoms with van der Waals surface area (Å²) in [4.78, 5) is 11.0. The zero-order chi connectivity index (χ0) is 22.5. The van der Waals surface area contributed by atoms with Gasteiger partial charge >= 0.3 is 5.97 Å². The van der Waals surface area contributed by atoms with E-state index in [2.05, 4.69) is 21.2 Å². The van der Waals surface area contributed by atoms with Crippen LogP contribution in [-0.2, 0) is 19.7 Å². The molecule has 0 bridgehead atoms. The molecule has 4 rings (SSSR count). The van der Waals surface area contributed by atoms with E-state index in [0.29, 0.717) is 31.2 Å². The Morgan fingerprint density at radius 2 is 1.72 bits per heavy atom. The van der Waals surface area contributed by atoms with Gasteiger partial charge in [-0.05, 0) is 69.0 Å². The third kappa shape index (κ3) is 5.15. The number of hydrogen-bond acceptors (Lipinski definition) is 6. The number of methoxy groups -OCH3 is 1. The van der Waals surface area contributed by atoms with Crippen molar-refractivity contribution < 1.29 is 28.8 Å². The SMILES string of the molecule is COc1cc(CNCc2ccc(C(=O)O)cc2)cc(Br)c1OCc1ccc2c(c1)OCO2. The molecular weight excluding hydrogens is 478 g/mol. The standard InChI is InChI=1S/C24H22BrNO6/c1-29-22-10-17(12-26-11-15-2-5-18(6-3-15)24(27)28)8-19(25)23(22)30-13-16-4-7-20-21(9-16)32-14-31-20/h2-10,26H,11-14H2,1H3,(H,27,28). The molecule has 0 radical (unpaired) electrons. The highest BCUT2D eigenvalue weighted by molar-refractivity contribution is 9.10. The lowest BCUT2D eigenvalue weighted by Crippen LogP contribution is -2.13. The maximum Gasteiger partial charge on any atom is 0.335 e. The molecule has 0 fully saturated rings. The van der Waals surface area contributed by atoms with Gasteiger partial charge in [0.05, 0.1) is 17.1 Å². The number of nitrogens with one attached hydrogen (secondary N) is 1. The highest BCUT2D eigenvalue weighted by Gasteiger charge is 2.15. The number of rotatable bonds is 9. The first-order valence-electron chi connectivity index (χ1n) is 9.94. The van der Waals surface area contributed by atoms with Gasteiger partial charge in [0.1, 0.15) is 6.61 Å². The first-order chi connectivity index (χ1) is 15.5. The lowest BCUT2D eigenvalue weighted by molar-refractivity contribution is 0.0697. The van der Waals surface area contributed by atoms with E-state index in [1.54, 1.807) is 31.4 Å². The van der Waals surface area contributed by atoms with Crippen molar-refractivity contribution in [1.82, 2.24) is 5.32 Å². The van der Waals surface area contributed by atoms with E-state index in [1.807, 2.05) is 30.3 Å². The molecule has 0 saturated heterocycles. The first kappa shape index (κ1) is 22.0. The summed E-state index contributed by atoms with van der Waals surface area (Å²) in [5.74, 6) is 1.78. The maximum atomic E-state index is 11.0. The van der Waals surface area contributed by atoms with E-state index in [0.717, 1.165) is 32.7 Å². The van der Waals surface area contributed by atoms with Gasteiger partial charge in [-0.1, -0.05) is 18.2 Å². The predicted octanol–water partition coefficient (Wildman–Crippen LogP) is 4.75. The largest absolute Gasteiger partial charge is 0.493 e. The van der Waals surface area contributed by atoms with Crippen molar-refractivity contribution >= 4 is 21.9 Å². The van der Waals surface area contributed by atoms with Crippen LogP contribution in [0.15, 0.2) is 59.1 Å². The van der Waals surface area contributed by atoms with Crippen LogP contribution in [-0.4, -0.2) is 25.0 Å². The van der Waals surface area contributed by atoms with Crippen LogP contribution in [0.1, 0.15) is 27.0 Å². The van der Waals surface area contributed by atoms with Crippen molar-refractivity contribution in [3.63, 3.8) is 0 Å². The molecule has 32 heavy (non-hydrogen) atoms. The van der Waals surface area contributed by atoms with Gasteiger partial charge in [-0.3, -0.25) is 0 Å². The van der Waals surface area contributed by atoms with Gasteiger partial charge < -0.3 is 29.4 Å². The summed E-state index contributed by atoms with van der Waals surface area (Å²) >= 11 is 3.59. The molecule has 0 atom stereocenters. The van der Waals surface area contributed by atoms with Crippen molar-refractivity contribution in [2.75, 3.05) is 13.9 Å². The van der Waals surface area contributed by atoms with Gasteiger partial charge in [0.15, 0.2) is 23.0 Å². The number of halogens is 1. The van der Waals surface area contributed by atoms with Crippen LogP contribution in [0.2, 0.25) is 0 Å². The summed E-state index contributed by atoms with van der Waals surface area (Å²) in [5.41, 5.74) is 3.26. The van der Waals surface area contributed by atoms with Crippen LogP contribution in [0.3, 0.4) is 0 Å². The molecule has 0 aromatic heterocycles. The molecule has 166 valence electrons. The van der Waals surface area contributed by atoms with Crippen molar-refractivity contribution in [1.29, 1.82) is 0 Å². The molecule has 3 aromatic rings. The number of carbonyl (C=O) groups is 1. The molecular formula is C24H22BrNO6. The fourth-order valence-electron chi connectivity index (χ4n) is 3.32. The third-order valence-electron chi connectivity index (χ3n) is 4.97. The zero-order valence-electron chi connectivity index (χ0n) is 17.4. The highest BCUT2D eigenvalue weighted by Crippen LogP contribution is 2.38. The van der Waals surface area contributed by atoms with Crippen molar-refractivity contribution in [3.05, 3.63) is 81.3 Å². The Balaban J connectivity index is 1.37. The normalized spacial score (nSPS) is 11.9. The van der Waals surface area contributed by atoms with E-state index in [4.69, 9.17) is 24.1 Å². The van der Waals surface area contributed by atoms with Gasteiger partial charge in [0.25, 0.3) is 0 Å². The second-order valence-corrected chi connectivity index (χ2v) is 8.05. The predicted molar refractivity (Wildman–Crippen MR) is 122 cm³/mol. The zero-order valence-corrected chi connectivity index (χ0v) is 19.0. The molecule has 7 nitrogen and oxygen atoms in total. The molecule has 1 aliphatic rings. The van der Waals surface area contributed by atoms with E-state index < -0.39 is 5.97 Å². The van der Waals surface area contributed by atoms with Crippen LogP contribution in [0.25, 0.3) is 0 Å². The monoisotopic (exact) mass is 499 g/mol. The number of hydrogen-bond donors (Lipinski definition) is 2. The van der Waals surface area contributed by atoms with Crippen LogP contribution in [0.5, 0.6) is 23.0 Å². The fourth-order valence-corrected chi connectivity index (χ4v) is 3.92. The van der Waals surface area contributed by atoms with Crippen LogP contribution in [0.4, 0.5) is 0 Å². The van der Waals surface area contributed by atoms with Crippen molar-refractivity contribution in [2.24, 2.45) is 0 Å². The smallest absolute Gasteiger partial charge is 0.335 e. The summed E-state index contributed by atoms with van der Waals surface area (Å²) in [6.07, 6.45) is 0. The minimum absolute atomic E-state index is 0.238. The Morgan fingerprint density at radius 1 is 1.00 bits per heavy atom. The number of aromatic carboxylic acids is 1. The Bertz CT molecular complexity index is 1120. The molecule has 0 saturated carbocycles. The Morgan fingerprint density at radius 3 is 2.47 bits per heavy atom. The summed E-state index contributed by atoms with van der Waals surface area (Å²) in [5, 5.41) is 12.3. The van der Waals surface area contributed by atoms with Crippen LogP contribution >= 0.6 is 15.9 Å². The average Bonchev–Trinajstić information content (AvgIpc) is 3.26. The van der Waals surface area contributed by atoms with Gasteiger partial charge in [0, 0.05) is 13.1 Å². The molecule has 0 unspecified atom stereocenters. The second kappa shape index (κ2) is 9.93. The van der Waals surface area contributed by atoms with Gasteiger partial charge in [-0.15, -0.1) is 0 Å². The van der Waals surface area contributed by atoms with E-state index in [9.17, 15) is 4.79 Å². The average molecular weight is 500 g/mol. The molecule has 0 aliphatic carbocycles. The fraction of sp³-hybridized carbons (Fsp3) is 0.208. The summed E-state index contributed by atoms with van der Waals surface area (Å²) in [6.45, 7) is 1.82. The van der Waals surface area contributed by atoms with Crippen molar-refractivity contribution in [2.45, 2.75) is 19.7 Å². The van der Waals surface area contributed by atoms with Crippen molar-refractivity contribution in [3.8, 4) is 23.0 Å². The summed E-state index contributed by atoms with van der Waals surface area (Å²) < 4.78 is 23.1. The lowest BCUT2D eigenvalue weighted by Gasteiger charge is -2.15. The maximum absolute atomic E-state index is 11.0. The molecule has 8 heteroatoms. The van der Waals surface area contributed by atoms with E-state index >= 15 is 0 Å². The molecule has 1 aliphatic heterocycles. The molecule has 2 N–H and O–H groups in total. The van der Waals surface area contributed by atoms with Gasteiger partial charge in [-0.25, -0.2) is 4.79 Å². The molecule has 0 amide bonds. The number of ether oxygens (including phenoxy) is 4.